The van der Waals surface area contributed by atoms with E-state index in [0.717, 1.165) is 31.5 Å². The Balaban J connectivity index is 2.27. The zero-order valence-corrected chi connectivity index (χ0v) is 8.87. The molecule has 0 aromatic carbocycles. The van der Waals surface area contributed by atoms with E-state index < -0.39 is 11.6 Å². The Morgan fingerprint density at radius 3 is 2.94 bits per heavy atom. The Hall–Kier alpha value is -1.23. The van der Waals surface area contributed by atoms with E-state index in [1.165, 1.54) is 0 Å². The average Bonchev–Trinajstić information content (AvgIpc) is 2.29. The number of hydrogen-bond acceptors (Lipinski definition) is 3. The molecule has 88 valence electrons. The van der Waals surface area contributed by atoms with Crippen LogP contribution in [0, 0.1) is 11.6 Å². The van der Waals surface area contributed by atoms with Gasteiger partial charge in [0.1, 0.15) is 5.82 Å². The van der Waals surface area contributed by atoms with Crippen LogP contribution in [0.3, 0.4) is 0 Å². The van der Waals surface area contributed by atoms with Crippen LogP contribution in [-0.4, -0.2) is 29.3 Å². The molecule has 1 atom stereocenters. The Kier molecular flexibility index (Phi) is 3.33. The zero-order valence-electron chi connectivity index (χ0n) is 8.87. The predicted octanol–water partition coefficient (Wildman–Crippen LogP) is 1.71. The van der Waals surface area contributed by atoms with Gasteiger partial charge in [0.15, 0.2) is 11.6 Å². The second kappa shape index (κ2) is 4.74. The summed E-state index contributed by atoms with van der Waals surface area (Å²) in [6, 6.07) is 0.715. The van der Waals surface area contributed by atoms with Gasteiger partial charge in [-0.2, -0.15) is 0 Å². The molecule has 0 amide bonds. The molecule has 1 fully saturated rings. The summed E-state index contributed by atoms with van der Waals surface area (Å²) in [7, 11) is 0. The van der Waals surface area contributed by atoms with E-state index >= 15 is 0 Å². The molecule has 0 spiro atoms. The molecule has 5 heteroatoms. The molecule has 1 aromatic rings. The van der Waals surface area contributed by atoms with E-state index in [1.807, 2.05) is 0 Å². The molecule has 2 heterocycles. The molecule has 1 unspecified atom stereocenters. The normalized spacial score (nSPS) is 21.2. The van der Waals surface area contributed by atoms with E-state index in [9.17, 15) is 13.9 Å². The lowest BCUT2D eigenvalue weighted by Crippen LogP contribution is -2.42. The van der Waals surface area contributed by atoms with Crippen LogP contribution in [0.15, 0.2) is 12.3 Å². The molecule has 1 aromatic heterocycles. The summed E-state index contributed by atoms with van der Waals surface area (Å²) in [6.45, 7) is 0.624. The zero-order chi connectivity index (χ0) is 11.5. The van der Waals surface area contributed by atoms with Gasteiger partial charge >= 0.3 is 0 Å². The topological polar surface area (TPSA) is 36.4 Å². The first-order valence-electron chi connectivity index (χ1n) is 5.41. The van der Waals surface area contributed by atoms with Gasteiger partial charge in [0, 0.05) is 12.6 Å². The highest BCUT2D eigenvalue weighted by molar-refractivity contribution is 5.41. The Morgan fingerprint density at radius 1 is 1.44 bits per heavy atom. The molecule has 0 bridgehead atoms. The Labute approximate surface area is 92.7 Å². The number of nitrogens with zero attached hydrogens (tertiary/aromatic N) is 2. The van der Waals surface area contributed by atoms with Gasteiger partial charge in [-0.15, -0.1) is 0 Å². The summed E-state index contributed by atoms with van der Waals surface area (Å²) in [5, 5.41) is 9.20. The standard InChI is InChI=1S/C11H14F2N2O/c12-8-5-10(13)11(14-6-8)15-4-2-1-3-9(15)7-16/h5-6,9,16H,1-4,7H2. The fourth-order valence-corrected chi connectivity index (χ4v) is 2.09. The highest BCUT2D eigenvalue weighted by Gasteiger charge is 2.25. The highest BCUT2D eigenvalue weighted by Crippen LogP contribution is 2.25. The first-order valence-corrected chi connectivity index (χ1v) is 5.41. The van der Waals surface area contributed by atoms with Crippen molar-refractivity contribution in [2.45, 2.75) is 25.3 Å². The number of rotatable bonds is 2. The van der Waals surface area contributed by atoms with Crippen LogP contribution in [0.25, 0.3) is 0 Å². The van der Waals surface area contributed by atoms with Crippen molar-refractivity contribution in [3.05, 3.63) is 23.9 Å². The second-order valence-corrected chi connectivity index (χ2v) is 3.98. The first kappa shape index (κ1) is 11.3. The SMILES string of the molecule is OCC1CCCCN1c1ncc(F)cc1F. The number of hydrogen-bond donors (Lipinski definition) is 1. The lowest BCUT2D eigenvalue weighted by molar-refractivity contribution is 0.238. The first-order chi connectivity index (χ1) is 7.72. The molecule has 3 nitrogen and oxygen atoms in total. The summed E-state index contributed by atoms with van der Waals surface area (Å²) in [4.78, 5) is 5.48. The lowest BCUT2D eigenvalue weighted by atomic mass is 10.0. The third kappa shape index (κ3) is 2.14. The number of aliphatic hydroxyl groups excluding tert-OH is 1. The molecule has 16 heavy (non-hydrogen) atoms. The van der Waals surface area contributed by atoms with Crippen LogP contribution < -0.4 is 4.90 Å². The lowest BCUT2D eigenvalue weighted by Gasteiger charge is -2.35. The van der Waals surface area contributed by atoms with E-state index in [4.69, 9.17) is 0 Å². The number of piperidine rings is 1. The van der Waals surface area contributed by atoms with Crippen molar-refractivity contribution in [3.63, 3.8) is 0 Å². The van der Waals surface area contributed by atoms with Gasteiger partial charge in [-0.3, -0.25) is 0 Å². The minimum absolute atomic E-state index is 0.0293. The average molecular weight is 228 g/mol. The number of anilines is 1. The second-order valence-electron chi connectivity index (χ2n) is 3.98. The van der Waals surface area contributed by atoms with Crippen LogP contribution in [-0.2, 0) is 0 Å². The van der Waals surface area contributed by atoms with Crippen molar-refractivity contribution in [3.8, 4) is 0 Å². The molecule has 0 radical (unpaired) electrons. The third-order valence-corrected chi connectivity index (χ3v) is 2.90. The highest BCUT2D eigenvalue weighted by atomic mass is 19.1. The van der Waals surface area contributed by atoms with Gasteiger partial charge in [0.25, 0.3) is 0 Å². The minimum Gasteiger partial charge on any atom is -0.394 e. The molecule has 1 aliphatic rings. The summed E-state index contributed by atoms with van der Waals surface area (Å²) < 4.78 is 26.2. The fraction of sp³-hybridized carbons (Fsp3) is 0.545. The minimum atomic E-state index is -0.682. The van der Waals surface area contributed by atoms with Crippen molar-refractivity contribution in [2.75, 3.05) is 18.1 Å². The predicted molar refractivity (Wildman–Crippen MR) is 56.2 cm³/mol. The summed E-state index contributed by atoms with van der Waals surface area (Å²) in [5.74, 6) is -1.21. The van der Waals surface area contributed by atoms with Crippen LogP contribution >= 0.6 is 0 Å². The Morgan fingerprint density at radius 2 is 2.25 bits per heavy atom. The maximum atomic E-state index is 13.5. The molecule has 1 saturated heterocycles. The number of aromatic nitrogens is 1. The van der Waals surface area contributed by atoms with Crippen molar-refractivity contribution in [1.82, 2.24) is 4.98 Å². The molecular formula is C11H14F2N2O. The van der Waals surface area contributed by atoms with Gasteiger partial charge < -0.3 is 10.0 Å². The summed E-state index contributed by atoms with van der Waals surface area (Å²) >= 11 is 0. The summed E-state index contributed by atoms with van der Waals surface area (Å²) in [5.41, 5.74) is 0. The van der Waals surface area contributed by atoms with Gasteiger partial charge in [-0.05, 0) is 19.3 Å². The van der Waals surface area contributed by atoms with E-state index in [1.54, 1.807) is 4.90 Å². The molecular weight excluding hydrogens is 214 g/mol. The number of pyridine rings is 1. The maximum absolute atomic E-state index is 13.5. The molecule has 0 saturated carbocycles. The molecule has 1 aliphatic heterocycles. The summed E-state index contributed by atoms with van der Waals surface area (Å²) in [6.07, 6.45) is 3.77. The van der Waals surface area contributed by atoms with E-state index in [2.05, 4.69) is 4.98 Å². The van der Waals surface area contributed by atoms with Crippen molar-refractivity contribution in [1.29, 1.82) is 0 Å². The van der Waals surface area contributed by atoms with Gasteiger partial charge in [0.2, 0.25) is 0 Å². The fourth-order valence-electron chi connectivity index (χ4n) is 2.09. The number of halogens is 2. The van der Waals surface area contributed by atoms with Crippen LogP contribution in [0.5, 0.6) is 0 Å². The molecule has 2 rings (SSSR count). The molecule has 0 aliphatic carbocycles. The van der Waals surface area contributed by atoms with Crippen LogP contribution in [0.1, 0.15) is 19.3 Å². The quantitative estimate of drug-likeness (QED) is 0.837. The Bertz CT molecular complexity index is 373. The van der Waals surface area contributed by atoms with Crippen molar-refractivity contribution in [2.24, 2.45) is 0 Å². The third-order valence-electron chi connectivity index (χ3n) is 2.90. The smallest absolute Gasteiger partial charge is 0.168 e. The maximum Gasteiger partial charge on any atom is 0.168 e. The van der Waals surface area contributed by atoms with Crippen LogP contribution in [0.2, 0.25) is 0 Å². The largest absolute Gasteiger partial charge is 0.394 e. The van der Waals surface area contributed by atoms with Gasteiger partial charge in [-0.1, -0.05) is 0 Å². The van der Waals surface area contributed by atoms with Crippen molar-refractivity contribution >= 4 is 5.82 Å². The van der Waals surface area contributed by atoms with Crippen LogP contribution in [0.4, 0.5) is 14.6 Å². The van der Waals surface area contributed by atoms with Gasteiger partial charge in [-0.25, -0.2) is 13.8 Å². The molecule has 1 N–H and O–H groups in total. The van der Waals surface area contributed by atoms with Crippen molar-refractivity contribution < 1.29 is 13.9 Å². The van der Waals surface area contributed by atoms with E-state index in [-0.39, 0.29) is 18.5 Å². The van der Waals surface area contributed by atoms with Gasteiger partial charge in [0.05, 0.1) is 18.8 Å². The number of aliphatic hydroxyl groups is 1. The van der Waals surface area contributed by atoms with E-state index in [0.29, 0.717) is 6.54 Å². The monoisotopic (exact) mass is 228 g/mol.